The van der Waals surface area contributed by atoms with Crippen molar-refractivity contribution < 1.29 is 0 Å². The van der Waals surface area contributed by atoms with Crippen LogP contribution in [0.1, 0.15) is 26.5 Å². The van der Waals surface area contributed by atoms with Gasteiger partial charge in [0.1, 0.15) is 0 Å². The second-order valence-corrected chi connectivity index (χ2v) is 4.75. The molecule has 1 rings (SSSR count). The number of aromatic amines is 1. The van der Waals surface area contributed by atoms with Crippen LogP contribution >= 0.6 is 0 Å². The van der Waals surface area contributed by atoms with Crippen LogP contribution < -0.4 is 10.6 Å². The molecule has 0 atom stereocenters. The predicted molar refractivity (Wildman–Crippen MR) is 62.9 cm³/mol. The number of hydrogen-bond donors (Lipinski definition) is 3. The highest BCUT2D eigenvalue weighted by Crippen LogP contribution is 1.96. The van der Waals surface area contributed by atoms with E-state index in [2.05, 4.69) is 41.4 Å². The molecular formula is C11H22N4. The second kappa shape index (κ2) is 5.88. The summed E-state index contributed by atoms with van der Waals surface area (Å²) in [5.41, 5.74) is 1.40. The minimum absolute atomic E-state index is 0.213. The standard InChI is InChI=1S/C11H22N4/c1-11(2,3)15-7-6-12-5-4-10-8-13-9-14-10/h8-9,12,15H,4-7H2,1-3H3,(H,13,14). The molecule has 0 bridgehead atoms. The van der Waals surface area contributed by atoms with Crippen molar-refractivity contribution in [3.8, 4) is 0 Å². The molecule has 4 heteroatoms. The highest BCUT2D eigenvalue weighted by molar-refractivity contribution is 4.94. The van der Waals surface area contributed by atoms with Crippen LogP contribution in [-0.4, -0.2) is 35.1 Å². The summed E-state index contributed by atoms with van der Waals surface area (Å²) in [5, 5.41) is 6.82. The van der Waals surface area contributed by atoms with Gasteiger partial charge >= 0.3 is 0 Å². The number of rotatable bonds is 6. The lowest BCUT2D eigenvalue weighted by Gasteiger charge is -2.20. The molecule has 1 aromatic heterocycles. The Kier molecular flexibility index (Phi) is 4.78. The van der Waals surface area contributed by atoms with Crippen molar-refractivity contribution in [3.63, 3.8) is 0 Å². The fourth-order valence-corrected chi connectivity index (χ4v) is 1.30. The summed E-state index contributed by atoms with van der Waals surface area (Å²) in [6.45, 7) is 9.54. The fourth-order valence-electron chi connectivity index (χ4n) is 1.30. The molecule has 1 heterocycles. The number of aromatic nitrogens is 2. The van der Waals surface area contributed by atoms with E-state index in [-0.39, 0.29) is 5.54 Å². The van der Waals surface area contributed by atoms with Gasteiger partial charge in [0.15, 0.2) is 0 Å². The van der Waals surface area contributed by atoms with Crippen LogP contribution in [0.15, 0.2) is 12.5 Å². The van der Waals surface area contributed by atoms with E-state index in [9.17, 15) is 0 Å². The van der Waals surface area contributed by atoms with E-state index in [0.29, 0.717) is 0 Å². The Labute approximate surface area is 91.9 Å². The Morgan fingerprint density at radius 3 is 2.67 bits per heavy atom. The van der Waals surface area contributed by atoms with Crippen molar-refractivity contribution in [2.75, 3.05) is 19.6 Å². The van der Waals surface area contributed by atoms with Crippen molar-refractivity contribution in [1.29, 1.82) is 0 Å². The normalized spacial score (nSPS) is 11.9. The molecule has 0 saturated heterocycles. The zero-order valence-electron chi connectivity index (χ0n) is 9.93. The summed E-state index contributed by atoms with van der Waals surface area (Å²) in [6, 6.07) is 0. The van der Waals surface area contributed by atoms with Crippen LogP contribution in [0, 0.1) is 0 Å². The molecule has 0 aliphatic heterocycles. The highest BCUT2D eigenvalue weighted by Gasteiger charge is 2.06. The zero-order valence-corrected chi connectivity index (χ0v) is 9.93. The van der Waals surface area contributed by atoms with Gasteiger partial charge in [0.05, 0.1) is 6.33 Å². The molecule has 0 aromatic carbocycles. The van der Waals surface area contributed by atoms with Gasteiger partial charge in [-0.1, -0.05) is 0 Å². The summed E-state index contributed by atoms with van der Waals surface area (Å²) in [6.07, 6.45) is 4.60. The maximum absolute atomic E-state index is 3.97. The third kappa shape index (κ3) is 6.25. The smallest absolute Gasteiger partial charge is 0.0921 e. The summed E-state index contributed by atoms with van der Waals surface area (Å²) in [7, 11) is 0. The van der Waals surface area contributed by atoms with E-state index < -0.39 is 0 Å². The van der Waals surface area contributed by atoms with Gasteiger partial charge in [-0.15, -0.1) is 0 Å². The minimum atomic E-state index is 0.213. The lowest BCUT2D eigenvalue weighted by atomic mass is 10.1. The Bertz CT molecular complexity index is 248. The number of hydrogen-bond acceptors (Lipinski definition) is 3. The van der Waals surface area contributed by atoms with Gasteiger partial charge in [0.2, 0.25) is 0 Å². The molecule has 0 fully saturated rings. The topological polar surface area (TPSA) is 52.7 Å². The molecule has 0 amide bonds. The van der Waals surface area contributed by atoms with Crippen molar-refractivity contribution in [3.05, 3.63) is 18.2 Å². The molecule has 3 N–H and O–H groups in total. The SMILES string of the molecule is CC(C)(C)NCCNCCc1cnc[nH]1. The lowest BCUT2D eigenvalue weighted by molar-refractivity contribution is 0.422. The monoisotopic (exact) mass is 210 g/mol. The largest absolute Gasteiger partial charge is 0.348 e. The highest BCUT2D eigenvalue weighted by atomic mass is 15.0. The first-order chi connectivity index (χ1) is 7.08. The van der Waals surface area contributed by atoms with Crippen LogP contribution in [0.25, 0.3) is 0 Å². The minimum Gasteiger partial charge on any atom is -0.348 e. The lowest BCUT2D eigenvalue weighted by Crippen LogP contribution is -2.40. The quantitative estimate of drug-likeness (QED) is 0.612. The van der Waals surface area contributed by atoms with Gasteiger partial charge < -0.3 is 15.6 Å². The Hall–Kier alpha value is -0.870. The predicted octanol–water partition coefficient (Wildman–Crippen LogP) is 0.930. The van der Waals surface area contributed by atoms with E-state index in [1.165, 1.54) is 5.69 Å². The van der Waals surface area contributed by atoms with Gasteiger partial charge in [0.25, 0.3) is 0 Å². The summed E-state index contributed by atoms with van der Waals surface area (Å²) >= 11 is 0. The fraction of sp³-hybridized carbons (Fsp3) is 0.727. The van der Waals surface area contributed by atoms with Crippen LogP contribution in [0.5, 0.6) is 0 Å². The van der Waals surface area contributed by atoms with Crippen LogP contribution in [0.3, 0.4) is 0 Å². The average Bonchev–Trinajstić information content (AvgIpc) is 2.61. The first-order valence-electron chi connectivity index (χ1n) is 5.51. The molecule has 0 saturated carbocycles. The molecule has 86 valence electrons. The van der Waals surface area contributed by atoms with Crippen LogP contribution in [0.4, 0.5) is 0 Å². The first-order valence-corrected chi connectivity index (χ1v) is 5.51. The maximum Gasteiger partial charge on any atom is 0.0921 e. The molecule has 15 heavy (non-hydrogen) atoms. The van der Waals surface area contributed by atoms with E-state index >= 15 is 0 Å². The van der Waals surface area contributed by atoms with Gasteiger partial charge in [-0.05, 0) is 20.8 Å². The van der Waals surface area contributed by atoms with E-state index in [1.807, 2.05) is 6.20 Å². The average molecular weight is 210 g/mol. The van der Waals surface area contributed by atoms with Crippen molar-refractivity contribution >= 4 is 0 Å². The summed E-state index contributed by atoms with van der Waals surface area (Å²) < 4.78 is 0. The summed E-state index contributed by atoms with van der Waals surface area (Å²) in [5.74, 6) is 0. The van der Waals surface area contributed by atoms with Crippen LogP contribution in [0.2, 0.25) is 0 Å². The Balaban J connectivity index is 1.94. The maximum atomic E-state index is 3.97. The third-order valence-corrected chi connectivity index (χ3v) is 2.08. The van der Waals surface area contributed by atoms with Crippen molar-refractivity contribution in [1.82, 2.24) is 20.6 Å². The second-order valence-electron chi connectivity index (χ2n) is 4.75. The molecular weight excluding hydrogens is 188 g/mol. The van der Waals surface area contributed by atoms with Gasteiger partial charge in [0, 0.05) is 43.5 Å². The molecule has 0 aliphatic rings. The molecule has 0 spiro atoms. The van der Waals surface area contributed by atoms with Gasteiger partial charge in [-0.2, -0.15) is 0 Å². The van der Waals surface area contributed by atoms with Gasteiger partial charge in [-0.3, -0.25) is 0 Å². The third-order valence-electron chi connectivity index (χ3n) is 2.08. The molecule has 0 aliphatic carbocycles. The Morgan fingerprint density at radius 1 is 1.27 bits per heavy atom. The van der Waals surface area contributed by atoms with Gasteiger partial charge in [-0.25, -0.2) is 4.98 Å². The van der Waals surface area contributed by atoms with Crippen molar-refractivity contribution in [2.45, 2.75) is 32.7 Å². The number of H-pyrrole nitrogens is 1. The number of nitrogens with one attached hydrogen (secondary N) is 3. The Morgan fingerprint density at radius 2 is 2.07 bits per heavy atom. The van der Waals surface area contributed by atoms with E-state index in [4.69, 9.17) is 0 Å². The molecule has 1 aromatic rings. The van der Waals surface area contributed by atoms with Crippen LogP contribution in [-0.2, 0) is 6.42 Å². The summed E-state index contributed by atoms with van der Waals surface area (Å²) in [4.78, 5) is 7.06. The van der Waals surface area contributed by atoms with Crippen molar-refractivity contribution in [2.24, 2.45) is 0 Å². The number of imidazole rings is 1. The first kappa shape index (κ1) is 12.2. The van der Waals surface area contributed by atoms with E-state index in [1.54, 1.807) is 6.33 Å². The van der Waals surface area contributed by atoms with E-state index in [0.717, 1.165) is 26.1 Å². The number of nitrogens with zero attached hydrogens (tertiary/aromatic N) is 1. The molecule has 0 unspecified atom stereocenters. The molecule has 4 nitrogen and oxygen atoms in total. The molecule has 0 radical (unpaired) electrons. The zero-order chi connectivity index (χ0) is 11.1.